The summed E-state index contributed by atoms with van der Waals surface area (Å²) in [5.74, 6) is 1.13. The van der Waals surface area contributed by atoms with Crippen LogP contribution < -0.4 is 15.4 Å². The number of para-hydroxylation sites is 1. The van der Waals surface area contributed by atoms with E-state index in [4.69, 9.17) is 4.74 Å². The Morgan fingerprint density at radius 2 is 1.80 bits per heavy atom. The van der Waals surface area contributed by atoms with Crippen LogP contribution in [0.3, 0.4) is 0 Å². The molecule has 0 bridgehead atoms. The number of phenols is 1. The number of aryl methyl sites for hydroxylation is 1. The highest BCUT2D eigenvalue weighted by Crippen LogP contribution is 2.32. The number of nitrogens with two attached hydrogens (primary N) is 1. The van der Waals surface area contributed by atoms with Gasteiger partial charge in [0, 0.05) is 16.2 Å². The van der Waals surface area contributed by atoms with Gasteiger partial charge in [0.25, 0.3) is 0 Å². The minimum Gasteiger partial charge on any atom is -0.507 e. The van der Waals surface area contributed by atoms with Crippen molar-refractivity contribution in [2.45, 2.75) is 25.6 Å². The van der Waals surface area contributed by atoms with E-state index in [0.29, 0.717) is 0 Å². The van der Waals surface area contributed by atoms with E-state index < -0.39 is 0 Å². The number of benzene rings is 3. The molecule has 0 radical (unpaired) electrons. The molecule has 4 N–H and O–H groups in total. The van der Waals surface area contributed by atoms with Crippen molar-refractivity contribution in [3.8, 4) is 11.5 Å². The van der Waals surface area contributed by atoms with E-state index in [1.54, 1.807) is 13.2 Å². The fourth-order valence-corrected chi connectivity index (χ4v) is 4.28. The zero-order valence-electron chi connectivity index (χ0n) is 17.1. The van der Waals surface area contributed by atoms with Crippen molar-refractivity contribution in [2.75, 3.05) is 7.11 Å². The second-order valence-corrected chi connectivity index (χ2v) is 8.33. The van der Waals surface area contributed by atoms with Gasteiger partial charge in [0.2, 0.25) is 0 Å². The van der Waals surface area contributed by atoms with Crippen molar-refractivity contribution in [2.24, 2.45) is 0 Å². The smallest absolute Gasteiger partial charge is 0.190 e. The average Bonchev–Trinajstić information content (AvgIpc) is 2.80. The first-order chi connectivity index (χ1) is 14.6. The summed E-state index contributed by atoms with van der Waals surface area (Å²) in [6.07, 6.45) is 3.13. The highest BCUT2D eigenvalue weighted by molar-refractivity contribution is 9.10. The van der Waals surface area contributed by atoms with Gasteiger partial charge in [-0.3, -0.25) is 0 Å². The average molecular weight is 466 g/mol. The first kappa shape index (κ1) is 20.5. The molecule has 3 aromatic rings. The van der Waals surface area contributed by atoms with Crippen molar-refractivity contribution < 1.29 is 15.2 Å². The monoisotopic (exact) mass is 465 g/mol. The third-order valence-corrected chi connectivity index (χ3v) is 6.05. The Morgan fingerprint density at radius 1 is 1.03 bits per heavy atom. The van der Waals surface area contributed by atoms with Gasteiger partial charge in [-0.2, -0.15) is 0 Å². The predicted octanol–water partition coefficient (Wildman–Crippen LogP) is 4.67. The molecule has 0 fully saturated rings. The largest absolute Gasteiger partial charge is 0.507 e. The molecule has 0 spiro atoms. The minimum atomic E-state index is -0.0598. The Hall–Kier alpha value is -2.76. The fraction of sp³-hybridized carbons (Fsp3) is 0.200. The van der Waals surface area contributed by atoms with Crippen LogP contribution in [0.25, 0.3) is 5.70 Å². The van der Waals surface area contributed by atoms with E-state index in [2.05, 4.69) is 69.9 Å². The van der Waals surface area contributed by atoms with Gasteiger partial charge in [-0.1, -0.05) is 59.3 Å². The zero-order valence-corrected chi connectivity index (χ0v) is 18.7. The molecule has 1 aliphatic rings. The molecule has 5 heteroatoms. The second kappa shape index (κ2) is 8.94. The number of aromatic hydroxyl groups is 1. The number of ether oxygens (including phenoxy) is 1. The van der Waals surface area contributed by atoms with E-state index in [1.165, 1.54) is 5.56 Å². The molecule has 4 rings (SSSR count). The van der Waals surface area contributed by atoms with Gasteiger partial charge in [-0.15, -0.1) is 0 Å². The minimum absolute atomic E-state index is 0.0560. The van der Waals surface area contributed by atoms with E-state index in [1.807, 2.05) is 30.3 Å². The molecule has 2 atom stereocenters. The number of halogens is 1. The highest BCUT2D eigenvalue weighted by Gasteiger charge is 2.31. The van der Waals surface area contributed by atoms with Gasteiger partial charge in [-0.05, 0) is 47.9 Å². The predicted molar refractivity (Wildman–Crippen MR) is 123 cm³/mol. The van der Waals surface area contributed by atoms with Gasteiger partial charge >= 0.3 is 0 Å². The molecule has 0 saturated carbocycles. The first-order valence-electron chi connectivity index (χ1n) is 10.1. The van der Waals surface area contributed by atoms with E-state index >= 15 is 0 Å². The molecule has 0 saturated heterocycles. The number of nitrogens with one attached hydrogen (secondary N) is 1. The summed E-state index contributed by atoms with van der Waals surface area (Å²) in [5.41, 5.74) is 5.41. The van der Waals surface area contributed by atoms with E-state index in [-0.39, 0.29) is 18.0 Å². The molecule has 0 amide bonds. The zero-order chi connectivity index (χ0) is 21.1. The maximum Gasteiger partial charge on any atom is 0.190 e. The van der Waals surface area contributed by atoms with Crippen LogP contribution in [0.5, 0.6) is 11.5 Å². The summed E-state index contributed by atoms with van der Waals surface area (Å²) in [4.78, 5) is 0. The maximum atomic E-state index is 10.6. The SMILES string of the molecule is CCc1ccc(C2=CC(c3cc(Br)ccc3O)[NH2+]C(c3ccccc3OC)N2)cc1. The third-order valence-electron chi connectivity index (χ3n) is 5.55. The summed E-state index contributed by atoms with van der Waals surface area (Å²) in [5, 5.41) is 16.4. The molecule has 154 valence electrons. The standard InChI is InChI=1S/C25H25BrN2O2/c1-3-16-8-10-17(11-9-16)21-15-22(20-14-18(26)12-13-23(20)29)28-25(27-21)19-6-4-5-7-24(19)30-2/h4-15,22,25,27-29H,3H2,1-2H3/p+1. The number of phenolic OH excluding ortho intramolecular Hbond substituents is 1. The molecule has 3 aromatic carbocycles. The summed E-state index contributed by atoms with van der Waals surface area (Å²) in [6, 6.07) is 22.2. The van der Waals surface area contributed by atoms with Crippen molar-refractivity contribution in [3.05, 3.63) is 99.5 Å². The second-order valence-electron chi connectivity index (χ2n) is 7.42. The Labute approximate surface area is 185 Å². The number of quaternary nitrogens is 1. The number of methoxy groups -OCH3 is 1. The molecule has 0 aliphatic carbocycles. The lowest BCUT2D eigenvalue weighted by Gasteiger charge is -2.30. The van der Waals surface area contributed by atoms with Crippen molar-refractivity contribution in [3.63, 3.8) is 0 Å². The quantitative estimate of drug-likeness (QED) is 0.512. The van der Waals surface area contributed by atoms with Crippen LogP contribution in [0.1, 0.15) is 41.4 Å². The van der Waals surface area contributed by atoms with Gasteiger partial charge in [0.15, 0.2) is 6.17 Å². The molecule has 1 heterocycles. The van der Waals surface area contributed by atoms with Crippen LogP contribution in [0, 0.1) is 0 Å². The summed E-state index contributed by atoms with van der Waals surface area (Å²) in [6.45, 7) is 2.16. The van der Waals surface area contributed by atoms with E-state index in [0.717, 1.165) is 39.0 Å². The highest BCUT2D eigenvalue weighted by atomic mass is 79.9. The van der Waals surface area contributed by atoms with Crippen LogP contribution in [-0.2, 0) is 6.42 Å². The molecular formula is C25H26BrN2O2+. The van der Waals surface area contributed by atoms with Crippen molar-refractivity contribution in [1.29, 1.82) is 0 Å². The Balaban J connectivity index is 1.78. The molecule has 2 unspecified atom stereocenters. The van der Waals surface area contributed by atoms with Gasteiger partial charge < -0.3 is 20.5 Å². The molecule has 30 heavy (non-hydrogen) atoms. The van der Waals surface area contributed by atoms with Crippen LogP contribution in [-0.4, -0.2) is 12.2 Å². The molecule has 4 nitrogen and oxygen atoms in total. The van der Waals surface area contributed by atoms with Crippen molar-refractivity contribution >= 4 is 21.6 Å². The third kappa shape index (κ3) is 4.23. The first-order valence-corrected chi connectivity index (χ1v) is 10.9. The topological polar surface area (TPSA) is 58.1 Å². The Bertz CT molecular complexity index is 1060. The van der Waals surface area contributed by atoms with Crippen LogP contribution >= 0.6 is 15.9 Å². The molecule has 1 aliphatic heterocycles. The fourth-order valence-electron chi connectivity index (χ4n) is 3.90. The van der Waals surface area contributed by atoms with Gasteiger partial charge in [-0.25, -0.2) is 0 Å². The number of hydrogen-bond donors (Lipinski definition) is 3. The number of hydrogen-bond acceptors (Lipinski definition) is 3. The number of rotatable bonds is 5. The lowest BCUT2D eigenvalue weighted by atomic mass is 9.97. The lowest BCUT2D eigenvalue weighted by Crippen LogP contribution is -2.89. The Kier molecular flexibility index (Phi) is 6.11. The van der Waals surface area contributed by atoms with E-state index in [9.17, 15) is 5.11 Å². The van der Waals surface area contributed by atoms with Crippen molar-refractivity contribution in [1.82, 2.24) is 5.32 Å². The van der Waals surface area contributed by atoms with Crippen LogP contribution in [0.2, 0.25) is 0 Å². The summed E-state index contributed by atoms with van der Waals surface area (Å²) >= 11 is 3.54. The summed E-state index contributed by atoms with van der Waals surface area (Å²) in [7, 11) is 1.69. The normalized spacial score (nSPS) is 18.4. The maximum absolute atomic E-state index is 10.6. The van der Waals surface area contributed by atoms with Gasteiger partial charge in [0.05, 0.1) is 18.2 Å². The summed E-state index contributed by atoms with van der Waals surface area (Å²) < 4.78 is 6.56. The lowest BCUT2D eigenvalue weighted by molar-refractivity contribution is -0.731. The molecule has 0 aromatic heterocycles. The van der Waals surface area contributed by atoms with Gasteiger partial charge in [0.1, 0.15) is 17.5 Å². The van der Waals surface area contributed by atoms with Crippen LogP contribution in [0.4, 0.5) is 0 Å². The van der Waals surface area contributed by atoms with Crippen LogP contribution in [0.15, 0.2) is 77.3 Å². The molecular weight excluding hydrogens is 440 g/mol. The Morgan fingerprint density at radius 3 is 2.53 bits per heavy atom.